The number of carbonyl (C=O) groups is 1. The van der Waals surface area contributed by atoms with Crippen LogP contribution in [0.4, 0.5) is 4.79 Å². The van der Waals surface area contributed by atoms with Crippen LogP contribution >= 0.6 is 0 Å². The Bertz CT molecular complexity index is 1270. The number of morpholine rings is 2. The number of nitrogens with zero attached hydrogens (tertiary/aromatic N) is 3. The molecule has 190 valence electrons. The van der Waals surface area contributed by atoms with Gasteiger partial charge in [0.15, 0.2) is 0 Å². The Hall–Kier alpha value is -2.94. The zero-order valence-electron chi connectivity index (χ0n) is 21.3. The van der Waals surface area contributed by atoms with E-state index < -0.39 is 0 Å². The summed E-state index contributed by atoms with van der Waals surface area (Å²) in [7, 11) is 0. The van der Waals surface area contributed by atoms with E-state index in [4.69, 9.17) is 9.47 Å². The quantitative estimate of drug-likeness (QED) is 0.573. The predicted octanol–water partition coefficient (Wildman–Crippen LogP) is 3.79. The normalized spacial score (nSPS) is 24.7. The van der Waals surface area contributed by atoms with Gasteiger partial charge in [0.05, 0.1) is 31.5 Å². The number of hydrogen-bond donors (Lipinski definition) is 2. The number of benzene rings is 1. The fourth-order valence-electron chi connectivity index (χ4n) is 5.93. The SMILES string of the molecule is Cc1c[nH]c2ncc(-c3cc4c(c([C@@H]5COCCN5)c3)CN(C(=O)N3C[C@H](C)O[C@@H](C)C3)CC4)cc12. The average molecular weight is 490 g/mol. The van der Waals surface area contributed by atoms with Gasteiger partial charge in [0.2, 0.25) is 0 Å². The number of aromatic nitrogens is 2. The second-order valence-corrected chi connectivity index (χ2v) is 10.5. The number of carbonyl (C=O) groups excluding carboxylic acids is 1. The maximum atomic E-state index is 13.5. The molecule has 3 atom stereocenters. The third kappa shape index (κ3) is 4.38. The van der Waals surface area contributed by atoms with Crippen molar-refractivity contribution in [3.05, 3.63) is 52.8 Å². The minimum Gasteiger partial charge on any atom is -0.378 e. The largest absolute Gasteiger partial charge is 0.378 e. The van der Waals surface area contributed by atoms with Gasteiger partial charge in [-0.2, -0.15) is 0 Å². The number of urea groups is 1. The van der Waals surface area contributed by atoms with E-state index in [-0.39, 0.29) is 24.3 Å². The first-order valence-corrected chi connectivity index (χ1v) is 13.1. The van der Waals surface area contributed by atoms with Crippen molar-refractivity contribution in [3.63, 3.8) is 0 Å². The molecule has 8 nitrogen and oxygen atoms in total. The van der Waals surface area contributed by atoms with E-state index in [0.717, 1.165) is 42.7 Å². The summed E-state index contributed by atoms with van der Waals surface area (Å²) >= 11 is 0. The zero-order valence-corrected chi connectivity index (χ0v) is 21.3. The topological polar surface area (TPSA) is 82.7 Å². The maximum Gasteiger partial charge on any atom is 0.320 e. The van der Waals surface area contributed by atoms with Crippen LogP contribution < -0.4 is 5.32 Å². The van der Waals surface area contributed by atoms with Crippen LogP contribution in [-0.4, -0.2) is 77.4 Å². The minimum absolute atomic E-state index is 0.0612. The molecule has 3 aromatic rings. The molecule has 3 aliphatic heterocycles. The summed E-state index contributed by atoms with van der Waals surface area (Å²) in [6.45, 7) is 11.0. The number of hydrogen-bond acceptors (Lipinski definition) is 5. The molecule has 2 N–H and O–H groups in total. The summed E-state index contributed by atoms with van der Waals surface area (Å²) in [5.74, 6) is 0. The molecule has 2 fully saturated rings. The van der Waals surface area contributed by atoms with Gasteiger partial charge in [-0.15, -0.1) is 0 Å². The number of aromatic amines is 1. The fraction of sp³-hybridized carbons (Fsp3) is 0.500. The van der Waals surface area contributed by atoms with Gasteiger partial charge in [0.25, 0.3) is 0 Å². The Kier molecular flexibility index (Phi) is 6.19. The molecule has 0 bridgehead atoms. The summed E-state index contributed by atoms with van der Waals surface area (Å²) in [6.07, 6.45) is 4.92. The Labute approximate surface area is 212 Å². The molecule has 36 heavy (non-hydrogen) atoms. The standard InChI is InChI=1S/C28H35N5O3/c1-17-11-30-27-23(17)10-22(12-31-27)21-8-20-4-6-32(28(34)33-13-18(2)36-19(3)14-33)15-25(20)24(9-21)26-16-35-7-5-29-26/h8-12,18-19,26,29H,4-7,13-16H2,1-3H3,(H,30,31)/t18-,19-,26-/m0/s1. The van der Waals surface area contributed by atoms with Crippen LogP contribution in [0.25, 0.3) is 22.2 Å². The monoisotopic (exact) mass is 489 g/mol. The van der Waals surface area contributed by atoms with Crippen LogP contribution in [0, 0.1) is 6.92 Å². The molecule has 0 radical (unpaired) electrons. The number of pyridine rings is 1. The van der Waals surface area contributed by atoms with Crippen molar-refractivity contribution in [2.24, 2.45) is 0 Å². The highest BCUT2D eigenvalue weighted by atomic mass is 16.5. The van der Waals surface area contributed by atoms with Gasteiger partial charge in [-0.05, 0) is 67.1 Å². The van der Waals surface area contributed by atoms with E-state index in [2.05, 4.69) is 40.4 Å². The highest BCUT2D eigenvalue weighted by molar-refractivity contribution is 5.84. The van der Waals surface area contributed by atoms with E-state index in [1.807, 2.05) is 36.0 Å². The first-order chi connectivity index (χ1) is 17.5. The second kappa shape index (κ2) is 9.50. The Morgan fingerprint density at radius 3 is 2.72 bits per heavy atom. The van der Waals surface area contributed by atoms with E-state index in [1.165, 1.54) is 27.8 Å². The van der Waals surface area contributed by atoms with Gasteiger partial charge < -0.3 is 29.6 Å². The summed E-state index contributed by atoms with van der Waals surface area (Å²) in [5.41, 5.74) is 8.19. The molecule has 0 aliphatic carbocycles. The smallest absolute Gasteiger partial charge is 0.320 e. The fourth-order valence-corrected chi connectivity index (χ4v) is 5.93. The van der Waals surface area contributed by atoms with E-state index in [9.17, 15) is 4.79 Å². The Morgan fingerprint density at radius 1 is 1.11 bits per heavy atom. The molecule has 0 saturated carbocycles. The number of amides is 2. The lowest BCUT2D eigenvalue weighted by atomic mass is 9.87. The summed E-state index contributed by atoms with van der Waals surface area (Å²) in [6, 6.07) is 7.03. The molecule has 0 spiro atoms. The van der Waals surface area contributed by atoms with Crippen molar-refractivity contribution < 1.29 is 14.3 Å². The van der Waals surface area contributed by atoms with Crippen molar-refractivity contribution in [1.82, 2.24) is 25.1 Å². The number of rotatable bonds is 2. The van der Waals surface area contributed by atoms with Crippen molar-refractivity contribution in [1.29, 1.82) is 0 Å². The lowest BCUT2D eigenvalue weighted by Gasteiger charge is -2.40. The lowest BCUT2D eigenvalue weighted by Crippen LogP contribution is -2.53. The third-order valence-electron chi connectivity index (χ3n) is 7.71. The predicted molar refractivity (Wildman–Crippen MR) is 139 cm³/mol. The molecule has 3 aliphatic rings. The molecule has 0 unspecified atom stereocenters. The minimum atomic E-state index is 0.0612. The first-order valence-electron chi connectivity index (χ1n) is 13.1. The summed E-state index contributed by atoms with van der Waals surface area (Å²) in [5, 5.41) is 4.79. The van der Waals surface area contributed by atoms with Gasteiger partial charge >= 0.3 is 6.03 Å². The molecule has 6 rings (SSSR count). The van der Waals surface area contributed by atoms with Gasteiger partial charge in [0, 0.05) is 56.1 Å². The Balaban J connectivity index is 1.35. The van der Waals surface area contributed by atoms with Gasteiger partial charge in [-0.1, -0.05) is 6.07 Å². The Morgan fingerprint density at radius 2 is 1.94 bits per heavy atom. The van der Waals surface area contributed by atoms with Crippen LogP contribution in [0.2, 0.25) is 0 Å². The lowest BCUT2D eigenvalue weighted by molar-refractivity contribution is -0.0585. The van der Waals surface area contributed by atoms with Gasteiger partial charge in [0.1, 0.15) is 5.65 Å². The maximum absolute atomic E-state index is 13.5. The molecule has 2 aromatic heterocycles. The van der Waals surface area contributed by atoms with Crippen LogP contribution in [0.1, 0.15) is 42.1 Å². The molecular formula is C28H35N5O3. The van der Waals surface area contributed by atoms with Crippen LogP contribution in [-0.2, 0) is 22.4 Å². The van der Waals surface area contributed by atoms with E-state index in [0.29, 0.717) is 26.2 Å². The number of fused-ring (bicyclic) bond motifs is 2. The first kappa shape index (κ1) is 23.5. The van der Waals surface area contributed by atoms with E-state index >= 15 is 0 Å². The van der Waals surface area contributed by atoms with Crippen LogP contribution in [0.15, 0.2) is 30.6 Å². The molecule has 1 aromatic carbocycles. The zero-order chi connectivity index (χ0) is 24.8. The molecule has 2 amide bonds. The summed E-state index contributed by atoms with van der Waals surface area (Å²) in [4.78, 5) is 25.4. The number of H-pyrrole nitrogens is 1. The van der Waals surface area contributed by atoms with Crippen molar-refractivity contribution in [2.75, 3.05) is 39.4 Å². The highest BCUT2D eigenvalue weighted by Gasteiger charge is 2.32. The summed E-state index contributed by atoms with van der Waals surface area (Å²) < 4.78 is 11.7. The van der Waals surface area contributed by atoms with Crippen molar-refractivity contribution in [2.45, 2.75) is 52.0 Å². The third-order valence-corrected chi connectivity index (χ3v) is 7.71. The van der Waals surface area contributed by atoms with Crippen molar-refractivity contribution >= 4 is 17.1 Å². The molecule has 8 heteroatoms. The van der Waals surface area contributed by atoms with Crippen molar-refractivity contribution in [3.8, 4) is 11.1 Å². The van der Waals surface area contributed by atoms with Gasteiger partial charge in [-0.3, -0.25) is 0 Å². The van der Waals surface area contributed by atoms with Crippen LogP contribution in [0.5, 0.6) is 0 Å². The molecule has 2 saturated heterocycles. The average Bonchev–Trinajstić information content (AvgIpc) is 3.27. The van der Waals surface area contributed by atoms with Crippen LogP contribution in [0.3, 0.4) is 0 Å². The molecular weight excluding hydrogens is 454 g/mol. The highest BCUT2D eigenvalue weighted by Crippen LogP contribution is 2.35. The number of ether oxygens (including phenoxy) is 2. The second-order valence-electron chi connectivity index (χ2n) is 10.5. The van der Waals surface area contributed by atoms with Gasteiger partial charge in [-0.25, -0.2) is 9.78 Å². The van der Waals surface area contributed by atoms with E-state index in [1.54, 1.807) is 0 Å². The molecule has 5 heterocycles. The number of nitrogens with one attached hydrogen (secondary N) is 2. The number of aryl methyl sites for hydroxylation is 1.